The molecule has 0 spiro atoms. The maximum atomic E-state index is 13.2. The van der Waals surface area contributed by atoms with Gasteiger partial charge < -0.3 is 0 Å². The van der Waals surface area contributed by atoms with Gasteiger partial charge in [0, 0.05) is 5.02 Å². The minimum atomic E-state index is -0.181. The lowest BCUT2D eigenvalue weighted by molar-refractivity contribution is 0.618. The number of hydrogen-bond donors (Lipinski definition) is 0. The third kappa shape index (κ3) is 2.88. The zero-order valence-corrected chi connectivity index (χ0v) is 11.6. The summed E-state index contributed by atoms with van der Waals surface area (Å²) in [5, 5.41) is 0.700. The predicted octanol–water partition coefficient (Wildman–Crippen LogP) is 5.27. The first kappa shape index (κ1) is 12.6. The zero-order chi connectivity index (χ0) is 12.4. The summed E-state index contributed by atoms with van der Waals surface area (Å²) in [7, 11) is 0. The molecular formula is C14H11BrClF. The van der Waals surface area contributed by atoms with Crippen LogP contribution in [-0.2, 0) is 0 Å². The van der Waals surface area contributed by atoms with Crippen LogP contribution in [0.1, 0.15) is 21.5 Å². The van der Waals surface area contributed by atoms with Gasteiger partial charge >= 0.3 is 0 Å². The number of hydrogen-bond acceptors (Lipinski definition) is 0. The average Bonchev–Trinajstić information content (AvgIpc) is 2.32. The number of rotatable bonds is 2. The second-order valence-corrected chi connectivity index (χ2v) is 5.28. The summed E-state index contributed by atoms with van der Waals surface area (Å²) in [6.45, 7) is 1.76. The molecule has 3 heteroatoms. The molecule has 1 atom stereocenters. The molecule has 0 aromatic heterocycles. The first-order valence-electron chi connectivity index (χ1n) is 5.23. The Hall–Kier alpha value is -0.860. The van der Waals surface area contributed by atoms with Gasteiger partial charge in [-0.05, 0) is 41.8 Å². The van der Waals surface area contributed by atoms with Gasteiger partial charge in [-0.15, -0.1) is 0 Å². The van der Waals surface area contributed by atoms with Crippen molar-refractivity contribution in [3.05, 3.63) is 70.0 Å². The molecule has 1 unspecified atom stereocenters. The molecule has 0 N–H and O–H groups in total. The monoisotopic (exact) mass is 312 g/mol. The van der Waals surface area contributed by atoms with E-state index in [9.17, 15) is 4.39 Å². The lowest BCUT2D eigenvalue weighted by Gasteiger charge is -2.12. The van der Waals surface area contributed by atoms with Gasteiger partial charge in [0.25, 0.3) is 0 Å². The molecule has 17 heavy (non-hydrogen) atoms. The summed E-state index contributed by atoms with van der Waals surface area (Å²) in [4.78, 5) is 0.0282. The van der Waals surface area contributed by atoms with Crippen LogP contribution in [-0.4, -0.2) is 0 Å². The second kappa shape index (κ2) is 5.19. The van der Waals surface area contributed by atoms with Crippen molar-refractivity contribution in [3.8, 4) is 0 Å². The van der Waals surface area contributed by atoms with E-state index in [1.165, 1.54) is 6.07 Å². The van der Waals surface area contributed by atoms with Crippen molar-refractivity contribution in [1.29, 1.82) is 0 Å². The van der Waals surface area contributed by atoms with E-state index < -0.39 is 0 Å². The first-order chi connectivity index (χ1) is 8.08. The van der Waals surface area contributed by atoms with Crippen LogP contribution in [0.25, 0.3) is 0 Å². The highest BCUT2D eigenvalue weighted by Crippen LogP contribution is 2.32. The Labute approximate surface area is 114 Å². The van der Waals surface area contributed by atoms with Crippen molar-refractivity contribution >= 4 is 27.5 Å². The molecule has 0 fully saturated rings. The smallest absolute Gasteiger partial charge is 0.126 e. The fourth-order valence-electron chi connectivity index (χ4n) is 1.68. The standard InChI is InChI=1S/C14H11BrClF/c1-9-7-11(5-6-13(9)17)14(15)10-3-2-4-12(16)8-10/h2-8,14H,1H3. The number of halogens is 3. The molecule has 0 heterocycles. The molecular weight excluding hydrogens is 303 g/mol. The van der Waals surface area contributed by atoms with Crippen LogP contribution < -0.4 is 0 Å². The Morgan fingerprint density at radius 3 is 2.47 bits per heavy atom. The predicted molar refractivity (Wildman–Crippen MR) is 73.4 cm³/mol. The zero-order valence-electron chi connectivity index (χ0n) is 9.25. The molecule has 0 aliphatic carbocycles. The molecule has 0 bridgehead atoms. The Bertz CT molecular complexity index is 539. The molecule has 2 aromatic carbocycles. The second-order valence-electron chi connectivity index (χ2n) is 3.93. The average molecular weight is 314 g/mol. The quantitative estimate of drug-likeness (QED) is 0.662. The van der Waals surface area contributed by atoms with E-state index in [4.69, 9.17) is 11.6 Å². The van der Waals surface area contributed by atoms with E-state index >= 15 is 0 Å². The van der Waals surface area contributed by atoms with E-state index in [1.54, 1.807) is 13.0 Å². The van der Waals surface area contributed by atoms with Crippen molar-refractivity contribution in [1.82, 2.24) is 0 Å². The van der Waals surface area contributed by atoms with Gasteiger partial charge in [-0.3, -0.25) is 0 Å². The van der Waals surface area contributed by atoms with E-state index in [-0.39, 0.29) is 10.6 Å². The molecule has 0 saturated carbocycles. The van der Waals surface area contributed by atoms with Gasteiger partial charge in [0.05, 0.1) is 4.83 Å². The Morgan fingerprint density at radius 2 is 1.82 bits per heavy atom. The largest absolute Gasteiger partial charge is 0.207 e. The van der Waals surface area contributed by atoms with Crippen molar-refractivity contribution in [2.45, 2.75) is 11.8 Å². The minimum absolute atomic E-state index is 0.0282. The SMILES string of the molecule is Cc1cc(C(Br)c2cccc(Cl)c2)ccc1F. The van der Waals surface area contributed by atoms with Crippen molar-refractivity contribution in [2.75, 3.05) is 0 Å². The maximum absolute atomic E-state index is 13.2. The van der Waals surface area contributed by atoms with E-state index in [1.807, 2.05) is 30.3 Å². The fraction of sp³-hybridized carbons (Fsp3) is 0.143. The van der Waals surface area contributed by atoms with Crippen LogP contribution in [0.4, 0.5) is 4.39 Å². The fourth-order valence-corrected chi connectivity index (χ4v) is 2.45. The Balaban J connectivity index is 2.36. The molecule has 0 nitrogen and oxygen atoms in total. The van der Waals surface area contributed by atoms with Crippen molar-refractivity contribution in [2.24, 2.45) is 0 Å². The van der Waals surface area contributed by atoms with Gasteiger partial charge in [-0.25, -0.2) is 4.39 Å². The summed E-state index contributed by atoms with van der Waals surface area (Å²) in [6, 6.07) is 12.7. The summed E-state index contributed by atoms with van der Waals surface area (Å²) < 4.78 is 13.2. The van der Waals surface area contributed by atoms with E-state index in [2.05, 4.69) is 15.9 Å². The van der Waals surface area contributed by atoms with Crippen LogP contribution in [0.3, 0.4) is 0 Å². The molecule has 0 aliphatic rings. The molecule has 0 radical (unpaired) electrons. The van der Waals surface area contributed by atoms with Gasteiger partial charge in [-0.1, -0.05) is 51.8 Å². The van der Waals surface area contributed by atoms with Crippen LogP contribution in [0.15, 0.2) is 42.5 Å². The highest BCUT2D eigenvalue weighted by atomic mass is 79.9. The van der Waals surface area contributed by atoms with Gasteiger partial charge in [0.1, 0.15) is 5.82 Å². The lowest BCUT2D eigenvalue weighted by atomic mass is 10.0. The molecule has 0 aliphatic heterocycles. The molecule has 0 saturated heterocycles. The van der Waals surface area contributed by atoms with Gasteiger partial charge in [0.2, 0.25) is 0 Å². The van der Waals surface area contributed by atoms with Crippen LogP contribution in [0, 0.1) is 12.7 Å². The molecule has 88 valence electrons. The van der Waals surface area contributed by atoms with E-state index in [0.29, 0.717) is 10.6 Å². The third-order valence-corrected chi connectivity index (χ3v) is 3.91. The molecule has 2 rings (SSSR count). The highest BCUT2D eigenvalue weighted by molar-refractivity contribution is 9.09. The normalized spacial score (nSPS) is 12.5. The Kier molecular flexibility index (Phi) is 3.85. The van der Waals surface area contributed by atoms with Crippen molar-refractivity contribution < 1.29 is 4.39 Å². The first-order valence-corrected chi connectivity index (χ1v) is 6.53. The topological polar surface area (TPSA) is 0 Å². The number of alkyl halides is 1. The van der Waals surface area contributed by atoms with E-state index in [0.717, 1.165) is 11.1 Å². The van der Waals surface area contributed by atoms with Crippen LogP contribution in [0.2, 0.25) is 5.02 Å². The third-order valence-electron chi connectivity index (χ3n) is 2.62. The van der Waals surface area contributed by atoms with Gasteiger partial charge in [0.15, 0.2) is 0 Å². The molecule has 0 amide bonds. The summed E-state index contributed by atoms with van der Waals surface area (Å²) in [6.07, 6.45) is 0. The van der Waals surface area contributed by atoms with Gasteiger partial charge in [-0.2, -0.15) is 0 Å². The van der Waals surface area contributed by atoms with Crippen LogP contribution >= 0.6 is 27.5 Å². The minimum Gasteiger partial charge on any atom is -0.207 e. The lowest BCUT2D eigenvalue weighted by Crippen LogP contribution is -1.94. The maximum Gasteiger partial charge on any atom is 0.126 e. The Morgan fingerprint density at radius 1 is 1.12 bits per heavy atom. The number of aryl methyl sites for hydroxylation is 1. The summed E-state index contributed by atoms with van der Waals surface area (Å²) in [5.74, 6) is -0.181. The summed E-state index contributed by atoms with van der Waals surface area (Å²) in [5.41, 5.74) is 2.73. The number of benzene rings is 2. The van der Waals surface area contributed by atoms with Crippen LogP contribution in [0.5, 0.6) is 0 Å². The summed E-state index contributed by atoms with van der Waals surface area (Å²) >= 11 is 9.56. The van der Waals surface area contributed by atoms with Crippen molar-refractivity contribution in [3.63, 3.8) is 0 Å². The highest BCUT2D eigenvalue weighted by Gasteiger charge is 2.11. The molecule has 2 aromatic rings.